The van der Waals surface area contributed by atoms with Gasteiger partial charge in [-0.05, 0) is 44.4 Å². The summed E-state index contributed by atoms with van der Waals surface area (Å²) in [5.74, 6) is -0.0269. The lowest BCUT2D eigenvalue weighted by atomic mass is 10.1. The summed E-state index contributed by atoms with van der Waals surface area (Å²) in [6.45, 7) is 3.73. The molecule has 0 bridgehead atoms. The highest BCUT2D eigenvalue weighted by atomic mass is 79.9. The largest absolute Gasteiger partial charge is 0.356 e. The molecule has 1 aromatic carbocycles. The third-order valence-electron chi connectivity index (χ3n) is 4.71. The zero-order chi connectivity index (χ0) is 19.0. The summed E-state index contributed by atoms with van der Waals surface area (Å²) < 4.78 is 14.8. The molecule has 0 atom stereocenters. The fourth-order valence-corrected chi connectivity index (χ4v) is 4.74. The highest BCUT2D eigenvalue weighted by molar-refractivity contribution is 9.10. The number of amides is 1. The molecule has 0 spiro atoms. The second-order valence-corrected chi connectivity index (χ2v) is 8.66. The van der Waals surface area contributed by atoms with Crippen molar-refractivity contribution in [2.45, 2.75) is 26.2 Å². The first-order chi connectivity index (χ1) is 13.0. The van der Waals surface area contributed by atoms with Crippen LogP contribution in [-0.4, -0.2) is 29.0 Å². The molecule has 3 aromatic rings. The van der Waals surface area contributed by atoms with Crippen LogP contribution in [0.2, 0.25) is 0 Å². The Labute approximate surface area is 168 Å². The Morgan fingerprint density at radius 3 is 2.78 bits per heavy atom. The second kappa shape index (κ2) is 7.52. The van der Waals surface area contributed by atoms with Crippen molar-refractivity contribution in [3.05, 3.63) is 45.3 Å². The van der Waals surface area contributed by atoms with Crippen LogP contribution in [0.3, 0.4) is 0 Å². The molecule has 3 heterocycles. The van der Waals surface area contributed by atoms with Crippen LogP contribution in [0.15, 0.2) is 29.0 Å². The van der Waals surface area contributed by atoms with Gasteiger partial charge in [-0.25, -0.2) is 14.4 Å². The van der Waals surface area contributed by atoms with Gasteiger partial charge in [0.15, 0.2) is 0 Å². The van der Waals surface area contributed by atoms with Gasteiger partial charge in [-0.2, -0.15) is 0 Å². The van der Waals surface area contributed by atoms with Crippen LogP contribution >= 0.6 is 27.3 Å². The van der Waals surface area contributed by atoms with Crippen LogP contribution in [-0.2, 0) is 0 Å². The monoisotopic (exact) mass is 448 g/mol. The maximum atomic E-state index is 14.2. The van der Waals surface area contributed by atoms with E-state index in [4.69, 9.17) is 0 Å². The molecular formula is C19H18BrFN4OS. The smallest absolute Gasteiger partial charge is 0.257 e. The van der Waals surface area contributed by atoms with E-state index in [2.05, 4.69) is 36.1 Å². The Kier molecular flexibility index (Phi) is 5.10. The quantitative estimate of drug-likeness (QED) is 0.602. The van der Waals surface area contributed by atoms with Crippen molar-refractivity contribution >= 4 is 54.9 Å². The Balaban J connectivity index is 1.76. The Bertz CT molecular complexity index is 1020. The lowest BCUT2D eigenvalue weighted by Crippen LogP contribution is -2.30. The average Bonchev–Trinajstić information content (AvgIpc) is 3.00. The molecule has 1 amide bonds. The number of halogens is 2. The number of fused-ring (bicyclic) bond motifs is 1. The predicted molar refractivity (Wildman–Crippen MR) is 110 cm³/mol. The Morgan fingerprint density at radius 1 is 1.26 bits per heavy atom. The number of benzene rings is 1. The maximum absolute atomic E-state index is 14.2. The van der Waals surface area contributed by atoms with Gasteiger partial charge < -0.3 is 10.2 Å². The number of nitrogens with zero attached hydrogens (tertiary/aromatic N) is 3. The van der Waals surface area contributed by atoms with E-state index >= 15 is 0 Å². The minimum absolute atomic E-state index is 0.151. The van der Waals surface area contributed by atoms with E-state index in [1.54, 1.807) is 18.5 Å². The van der Waals surface area contributed by atoms with E-state index in [1.165, 1.54) is 23.8 Å². The molecule has 2 aromatic heterocycles. The highest BCUT2D eigenvalue weighted by Crippen LogP contribution is 2.36. The molecule has 1 aliphatic rings. The summed E-state index contributed by atoms with van der Waals surface area (Å²) in [5.41, 5.74) is 0.678. The molecule has 0 unspecified atom stereocenters. The van der Waals surface area contributed by atoms with E-state index < -0.39 is 5.82 Å². The number of nitrogens with one attached hydrogen (secondary N) is 1. The molecular weight excluding hydrogens is 431 g/mol. The van der Waals surface area contributed by atoms with Gasteiger partial charge in [-0.3, -0.25) is 4.79 Å². The number of rotatable bonds is 3. The van der Waals surface area contributed by atoms with Gasteiger partial charge in [-0.15, -0.1) is 11.3 Å². The summed E-state index contributed by atoms with van der Waals surface area (Å²) in [5, 5.41) is 3.46. The maximum Gasteiger partial charge on any atom is 0.257 e. The number of aryl methyl sites for hydroxylation is 1. The summed E-state index contributed by atoms with van der Waals surface area (Å²) in [4.78, 5) is 25.7. The minimum Gasteiger partial charge on any atom is -0.356 e. The van der Waals surface area contributed by atoms with Gasteiger partial charge in [0.1, 0.15) is 22.8 Å². The number of aromatic nitrogens is 2. The molecule has 1 fully saturated rings. The van der Waals surface area contributed by atoms with Crippen LogP contribution in [0.5, 0.6) is 0 Å². The highest BCUT2D eigenvalue weighted by Gasteiger charge is 2.24. The first-order valence-corrected chi connectivity index (χ1v) is 10.4. The summed E-state index contributed by atoms with van der Waals surface area (Å²) in [6, 6.07) is 4.57. The molecule has 140 valence electrons. The lowest BCUT2D eigenvalue weighted by molar-refractivity contribution is 0.102. The van der Waals surface area contributed by atoms with E-state index in [0.717, 1.165) is 46.8 Å². The van der Waals surface area contributed by atoms with E-state index in [9.17, 15) is 9.18 Å². The van der Waals surface area contributed by atoms with Gasteiger partial charge in [0.05, 0.1) is 16.6 Å². The lowest BCUT2D eigenvalue weighted by Gasteiger charge is -2.28. The molecule has 27 heavy (non-hydrogen) atoms. The topological polar surface area (TPSA) is 58.1 Å². The van der Waals surface area contributed by atoms with Crippen molar-refractivity contribution in [2.75, 3.05) is 23.3 Å². The molecule has 1 aliphatic heterocycles. The van der Waals surface area contributed by atoms with Crippen LogP contribution in [0, 0.1) is 12.7 Å². The van der Waals surface area contributed by atoms with E-state index in [1.807, 2.05) is 6.92 Å². The zero-order valence-corrected chi connectivity index (χ0v) is 17.2. The third kappa shape index (κ3) is 3.55. The second-order valence-electron chi connectivity index (χ2n) is 6.54. The van der Waals surface area contributed by atoms with E-state index in [-0.39, 0.29) is 11.6 Å². The van der Waals surface area contributed by atoms with Gasteiger partial charge in [0, 0.05) is 22.4 Å². The molecule has 0 radical (unpaired) electrons. The molecule has 1 N–H and O–H groups in total. The number of anilines is 2. The fraction of sp³-hybridized carbons (Fsp3) is 0.316. The van der Waals surface area contributed by atoms with E-state index in [0.29, 0.717) is 10.0 Å². The van der Waals surface area contributed by atoms with Crippen molar-refractivity contribution in [3.8, 4) is 0 Å². The number of piperidine rings is 1. The van der Waals surface area contributed by atoms with Crippen molar-refractivity contribution < 1.29 is 9.18 Å². The molecule has 0 saturated carbocycles. The van der Waals surface area contributed by atoms with Gasteiger partial charge in [-0.1, -0.05) is 15.9 Å². The van der Waals surface area contributed by atoms with Gasteiger partial charge in [0.2, 0.25) is 0 Å². The van der Waals surface area contributed by atoms with Crippen LogP contribution in [0.4, 0.5) is 15.9 Å². The molecule has 5 nitrogen and oxygen atoms in total. The number of carbonyl (C=O) groups excluding carboxylic acids is 1. The number of hydrogen-bond acceptors (Lipinski definition) is 5. The van der Waals surface area contributed by atoms with Crippen molar-refractivity contribution in [2.24, 2.45) is 0 Å². The van der Waals surface area contributed by atoms with Gasteiger partial charge >= 0.3 is 0 Å². The summed E-state index contributed by atoms with van der Waals surface area (Å²) >= 11 is 4.69. The molecule has 1 saturated heterocycles. The standard InChI is InChI=1S/C19H18BrFN4OS/c1-11-15(18(26)24-14-6-5-12(20)9-13(14)21)16-17(22-10-23-19(16)27-11)25-7-3-2-4-8-25/h5-6,9-10H,2-4,7-8H2,1H3,(H,24,26). The number of thiophene rings is 1. The zero-order valence-electron chi connectivity index (χ0n) is 14.8. The number of carbonyl (C=O) groups is 1. The third-order valence-corrected chi connectivity index (χ3v) is 6.21. The summed E-state index contributed by atoms with van der Waals surface area (Å²) in [7, 11) is 0. The first kappa shape index (κ1) is 18.3. The first-order valence-electron chi connectivity index (χ1n) is 8.80. The van der Waals surface area contributed by atoms with Crippen LogP contribution in [0.25, 0.3) is 10.2 Å². The van der Waals surface area contributed by atoms with Crippen LogP contribution in [0.1, 0.15) is 34.5 Å². The Morgan fingerprint density at radius 2 is 2.04 bits per heavy atom. The van der Waals surface area contributed by atoms with Crippen molar-refractivity contribution in [1.82, 2.24) is 9.97 Å². The van der Waals surface area contributed by atoms with Crippen molar-refractivity contribution in [3.63, 3.8) is 0 Å². The Hall–Kier alpha value is -2.06. The molecule has 0 aliphatic carbocycles. The molecule has 4 rings (SSSR count). The predicted octanol–water partition coefficient (Wildman–Crippen LogP) is 5.14. The SMILES string of the molecule is Cc1sc2ncnc(N3CCCCC3)c2c1C(=O)Nc1ccc(Br)cc1F. The summed E-state index contributed by atoms with van der Waals surface area (Å²) in [6.07, 6.45) is 4.99. The van der Waals surface area contributed by atoms with Crippen molar-refractivity contribution in [1.29, 1.82) is 0 Å². The average molecular weight is 449 g/mol. The van der Waals surface area contributed by atoms with Crippen LogP contribution < -0.4 is 10.2 Å². The minimum atomic E-state index is -0.484. The fourth-order valence-electron chi connectivity index (χ4n) is 3.42. The normalized spacial score (nSPS) is 14.6. The molecule has 8 heteroatoms. The van der Waals surface area contributed by atoms with Gasteiger partial charge in [0.25, 0.3) is 5.91 Å². The number of hydrogen-bond donors (Lipinski definition) is 1.